The van der Waals surface area contributed by atoms with E-state index in [0.29, 0.717) is 59.4 Å². The normalized spacial score (nSPS) is 31.0. The number of carbonyl (C=O) groups is 2. The summed E-state index contributed by atoms with van der Waals surface area (Å²) in [6, 6.07) is 30.7. The zero-order valence-corrected chi connectivity index (χ0v) is 48.5. The molecule has 9 aliphatic rings. The van der Waals surface area contributed by atoms with Crippen LogP contribution in [0, 0.1) is 29.1 Å². The molecule has 83 heavy (non-hydrogen) atoms. The molecule has 0 radical (unpaired) electrons. The Morgan fingerprint density at radius 2 is 1.64 bits per heavy atom. The Morgan fingerprint density at radius 1 is 0.807 bits per heavy atom. The van der Waals surface area contributed by atoms with Gasteiger partial charge in [-0.1, -0.05) is 123 Å². The molecule has 6 aliphatic carbocycles. The van der Waals surface area contributed by atoms with E-state index in [2.05, 4.69) is 97.1 Å². The standard InChI is InChI=1S/C72H82O11/c1-44(41-74)55-25-19-45-17-20-46(21-18-45)56-26-23-50(49-12-9-15-54(38-49)71-33-6-5-14-53(71)24-22-47-11-3-4-16-59(47)71)37-52(56)39-62(76)80-66-64-61(28-27-57-58(42-75)63(69(78)81-65(57)64)51(30-36-73)43-79-2)83-72(67(66)82-68(55)77)34-10-13-48-29-35-70(40-60(48)72)31-7-8-32-70/h3-4,9-13,15-18,20-21,23,26-28,38,48,50-53,56,60,66-67,73-75H,5-8,14,19,22,24-25,29-37,39-43H2,1-2H3/b55-44-/t48-,50+,51-,52+,53-,56+,60+,66-,67+,71-,72+/m1/s1. The molecule has 2 bridgehead atoms. The van der Waals surface area contributed by atoms with Gasteiger partial charge >= 0.3 is 17.6 Å². The van der Waals surface area contributed by atoms with E-state index in [9.17, 15) is 20.1 Å². The lowest BCUT2D eigenvalue weighted by atomic mass is 9.54. The van der Waals surface area contributed by atoms with Crippen LogP contribution in [0.2, 0.25) is 0 Å². The van der Waals surface area contributed by atoms with Gasteiger partial charge in [0.05, 0.1) is 25.4 Å². The number of hydrogen-bond donors (Lipinski definition) is 3. The molecular weight excluding hydrogens is 1040 g/mol. The summed E-state index contributed by atoms with van der Waals surface area (Å²) in [4.78, 5) is 46.0. The molecule has 4 aromatic carbocycles. The van der Waals surface area contributed by atoms with Gasteiger partial charge in [0.15, 0.2) is 17.8 Å². The van der Waals surface area contributed by atoms with Crippen LogP contribution in [0.25, 0.3) is 11.0 Å². The summed E-state index contributed by atoms with van der Waals surface area (Å²) in [5, 5.41) is 32.6. The van der Waals surface area contributed by atoms with Gasteiger partial charge in [-0.3, -0.25) is 4.79 Å². The van der Waals surface area contributed by atoms with E-state index in [0.717, 1.165) is 68.9 Å². The number of aliphatic hydroxyl groups excluding tert-OH is 3. The van der Waals surface area contributed by atoms with E-state index in [1.54, 1.807) is 13.0 Å². The van der Waals surface area contributed by atoms with Crippen molar-refractivity contribution in [2.75, 3.05) is 26.9 Å². The van der Waals surface area contributed by atoms with Crippen molar-refractivity contribution < 1.29 is 48.3 Å². The maximum absolute atomic E-state index is 15.8. The molecule has 11 atom stereocenters. The maximum Gasteiger partial charge on any atom is 0.340 e. The summed E-state index contributed by atoms with van der Waals surface area (Å²) in [7, 11) is 1.53. The molecule has 11 nitrogen and oxygen atoms in total. The van der Waals surface area contributed by atoms with Crippen LogP contribution in [0.5, 0.6) is 5.75 Å². The number of hydrogen-bond acceptors (Lipinski definition) is 11. The van der Waals surface area contributed by atoms with Crippen LogP contribution in [0.4, 0.5) is 0 Å². The molecule has 436 valence electrons. The summed E-state index contributed by atoms with van der Waals surface area (Å²) >= 11 is 0. The van der Waals surface area contributed by atoms with Crippen molar-refractivity contribution in [1.82, 2.24) is 0 Å². The highest BCUT2D eigenvalue weighted by molar-refractivity contribution is 5.90. The van der Waals surface area contributed by atoms with Crippen LogP contribution in [0.1, 0.15) is 190 Å². The van der Waals surface area contributed by atoms with Gasteiger partial charge in [0, 0.05) is 72.2 Å². The van der Waals surface area contributed by atoms with E-state index >= 15 is 9.59 Å². The summed E-state index contributed by atoms with van der Waals surface area (Å²) in [6.45, 7) is 0.745. The molecule has 11 heteroatoms. The quantitative estimate of drug-likeness (QED) is 0.0557. The minimum Gasteiger partial charge on any atom is -0.482 e. The first-order valence-electron chi connectivity index (χ1n) is 31.3. The molecule has 3 saturated carbocycles. The minimum atomic E-state index is -1.33. The molecule has 14 rings (SSSR count). The van der Waals surface area contributed by atoms with Crippen molar-refractivity contribution in [3.8, 4) is 5.75 Å². The zero-order chi connectivity index (χ0) is 57.0. The smallest absolute Gasteiger partial charge is 0.340 e. The highest BCUT2D eigenvalue weighted by atomic mass is 16.6. The molecule has 3 aliphatic heterocycles. The van der Waals surface area contributed by atoms with Crippen LogP contribution in [0.3, 0.4) is 0 Å². The fourth-order valence-electron chi connectivity index (χ4n) is 17.9. The first-order chi connectivity index (χ1) is 40.5. The Bertz CT molecular complexity index is 3410. The SMILES string of the molecule is COC[C@@H](CCO)c1c(CO)c2ccc3c(c2oc1=O)[C@H]1OC(=O)C[C@@H]2C[C@@H](c4cccc([C@@]56CCCC[C@@H]5CCc5ccccc56)c4)C=C[C@H]2c2ccc(cc2)CC/C(=C(\C)CO)C(=O)O[C@@H]1[C@@]1(CC=C[C@@H]2CCC4(CCCC4)C[C@@H]21)O3. The number of allylic oxidation sites excluding steroid dienone is 3. The molecule has 0 amide bonds. The van der Waals surface area contributed by atoms with Gasteiger partial charge in [-0.15, -0.1) is 0 Å². The first-order valence-corrected chi connectivity index (χ1v) is 31.3. The Balaban J connectivity index is 0.956. The predicted octanol–water partition coefficient (Wildman–Crippen LogP) is 13.2. The molecular formula is C72H82O11. The van der Waals surface area contributed by atoms with E-state index in [4.69, 9.17) is 23.4 Å². The third-order valence-electron chi connectivity index (χ3n) is 22.0. The van der Waals surface area contributed by atoms with Crippen molar-refractivity contribution >= 4 is 22.9 Å². The zero-order valence-electron chi connectivity index (χ0n) is 48.5. The first kappa shape index (κ1) is 56.0. The van der Waals surface area contributed by atoms with Crippen LogP contribution in [-0.4, -0.2) is 65.9 Å². The van der Waals surface area contributed by atoms with Crippen molar-refractivity contribution in [3.05, 3.63) is 181 Å². The third-order valence-corrected chi connectivity index (χ3v) is 22.0. The summed E-state index contributed by atoms with van der Waals surface area (Å²) in [6.07, 6.45) is 23.2. The Kier molecular flexibility index (Phi) is 15.6. The van der Waals surface area contributed by atoms with Crippen molar-refractivity contribution in [2.45, 2.75) is 177 Å². The lowest BCUT2D eigenvalue weighted by Crippen LogP contribution is -2.63. The van der Waals surface area contributed by atoms with Crippen molar-refractivity contribution in [2.24, 2.45) is 29.1 Å². The van der Waals surface area contributed by atoms with Crippen molar-refractivity contribution in [1.29, 1.82) is 0 Å². The van der Waals surface area contributed by atoms with Crippen LogP contribution < -0.4 is 10.4 Å². The second kappa shape index (κ2) is 23.0. The molecule has 0 unspecified atom stereocenters. The fraction of sp³-hybridized carbons (Fsp3) is 0.514. The fourth-order valence-corrected chi connectivity index (χ4v) is 17.9. The second-order valence-electron chi connectivity index (χ2n) is 26.2. The Morgan fingerprint density at radius 3 is 2.45 bits per heavy atom. The van der Waals surface area contributed by atoms with Crippen LogP contribution in [0.15, 0.2) is 130 Å². The van der Waals surface area contributed by atoms with Crippen LogP contribution >= 0.6 is 0 Å². The van der Waals surface area contributed by atoms with Crippen LogP contribution in [-0.2, 0) is 48.7 Å². The Labute approximate surface area is 488 Å². The lowest BCUT2D eigenvalue weighted by molar-refractivity contribution is -0.212. The average Bonchev–Trinajstić information content (AvgIpc) is 2.31. The number of esters is 2. The number of ether oxygens (including phenoxy) is 4. The number of rotatable bonds is 9. The molecule has 1 aromatic heterocycles. The summed E-state index contributed by atoms with van der Waals surface area (Å²) < 4.78 is 33.9. The van der Waals surface area contributed by atoms with Gasteiger partial charge in [-0.25, -0.2) is 9.59 Å². The van der Waals surface area contributed by atoms with Gasteiger partial charge in [-0.05, 0) is 170 Å². The number of fused-ring (bicyclic) bond motifs is 16. The number of benzene rings is 4. The average molecular weight is 1120 g/mol. The highest BCUT2D eigenvalue weighted by Crippen LogP contribution is 2.62. The number of aliphatic hydroxyl groups is 3. The maximum atomic E-state index is 15.8. The summed E-state index contributed by atoms with van der Waals surface area (Å²) in [5.41, 5.74) is 7.51. The van der Waals surface area contributed by atoms with E-state index < -0.39 is 47.9 Å². The van der Waals surface area contributed by atoms with Gasteiger partial charge in [0.2, 0.25) is 0 Å². The van der Waals surface area contributed by atoms with E-state index in [1.807, 2.05) is 6.07 Å². The van der Waals surface area contributed by atoms with Crippen molar-refractivity contribution in [3.63, 3.8) is 0 Å². The molecule has 0 saturated heterocycles. The molecule has 5 aromatic rings. The lowest BCUT2D eigenvalue weighted by Gasteiger charge is -2.57. The number of aryl methyl sites for hydroxylation is 2. The largest absolute Gasteiger partial charge is 0.482 e. The van der Waals surface area contributed by atoms with E-state index in [1.165, 1.54) is 55.0 Å². The van der Waals surface area contributed by atoms with Gasteiger partial charge in [0.1, 0.15) is 11.3 Å². The number of carbonyl (C=O) groups excluding carboxylic acids is 2. The molecule has 2 spiro atoms. The van der Waals surface area contributed by atoms with Gasteiger partial charge in [-0.2, -0.15) is 0 Å². The Hall–Kier alpha value is -6.11. The third kappa shape index (κ3) is 9.87. The van der Waals surface area contributed by atoms with E-state index in [-0.39, 0.29) is 89.8 Å². The number of methoxy groups -OCH3 is 1. The molecule has 3 fully saturated rings. The van der Waals surface area contributed by atoms with Gasteiger partial charge in [0.25, 0.3) is 0 Å². The predicted molar refractivity (Wildman–Crippen MR) is 318 cm³/mol. The topological polar surface area (TPSA) is 162 Å². The monoisotopic (exact) mass is 1120 g/mol. The van der Waals surface area contributed by atoms with Gasteiger partial charge < -0.3 is 38.7 Å². The summed E-state index contributed by atoms with van der Waals surface area (Å²) in [5.74, 6) is -1.11. The molecule has 3 N–H and O–H groups in total. The molecule has 4 heterocycles. The second-order valence-corrected chi connectivity index (χ2v) is 26.2. The minimum absolute atomic E-state index is 0.0177. The highest BCUT2D eigenvalue weighted by Gasteiger charge is 2.63.